The van der Waals surface area contributed by atoms with E-state index >= 15 is 0 Å². The van der Waals surface area contributed by atoms with Gasteiger partial charge in [0.2, 0.25) is 0 Å². The molecule has 80 valence electrons. The largest absolute Gasteiger partial charge is 0.377 e. The number of nitrogens with one attached hydrogen (secondary N) is 1. The summed E-state index contributed by atoms with van der Waals surface area (Å²) < 4.78 is 5.72. The van der Waals surface area contributed by atoms with E-state index < -0.39 is 0 Å². The predicted molar refractivity (Wildman–Crippen MR) is 58.1 cm³/mol. The first-order valence-corrected chi connectivity index (χ1v) is 5.55. The molecule has 1 unspecified atom stereocenters. The molecule has 0 saturated heterocycles. The summed E-state index contributed by atoms with van der Waals surface area (Å²) in [4.78, 5) is 0. The first-order chi connectivity index (χ1) is 6.20. The molecule has 0 aromatic carbocycles. The zero-order chi connectivity index (χ0) is 10.1. The molecule has 1 N–H and O–H groups in total. The summed E-state index contributed by atoms with van der Waals surface area (Å²) in [5.74, 6) is 0. The van der Waals surface area contributed by atoms with Crippen molar-refractivity contribution in [1.29, 1.82) is 0 Å². The normalized spacial score (nSPS) is 13.6. The average molecular weight is 187 g/mol. The Balaban J connectivity index is 3.39. The standard InChI is InChI=1S/C11H25NO/c1-5-7-8-13-11(6-2)9-12-10(3)4/h10-12H,5-9H2,1-4H3. The van der Waals surface area contributed by atoms with Gasteiger partial charge in [0.25, 0.3) is 0 Å². The Bertz CT molecular complexity index is 104. The summed E-state index contributed by atoms with van der Waals surface area (Å²) in [7, 11) is 0. The highest BCUT2D eigenvalue weighted by Gasteiger charge is 2.05. The van der Waals surface area contributed by atoms with Crippen LogP contribution in [0.3, 0.4) is 0 Å². The Morgan fingerprint density at radius 3 is 2.38 bits per heavy atom. The number of ether oxygens (including phenoxy) is 1. The van der Waals surface area contributed by atoms with Gasteiger partial charge in [-0.15, -0.1) is 0 Å². The minimum absolute atomic E-state index is 0.397. The van der Waals surface area contributed by atoms with E-state index in [4.69, 9.17) is 4.74 Å². The molecule has 0 aliphatic carbocycles. The number of hydrogen-bond acceptors (Lipinski definition) is 2. The van der Waals surface area contributed by atoms with Crippen molar-refractivity contribution in [3.8, 4) is 0 Å². The Hall–Kier alpha value is -0.0800. The first kappa shape index (κ1) is 12.9. The second-order valence-corrected chi connectivity index (χ2v) is 3.82. The van der Waals surface area contributed by atoms with Gasteiger partial charge < -0.3 is 10.1 Å². The molecular formula is C11H25NO. The van der Waals surface area contributed by atoms with Gasteiger partial charge in [-0.1, -0.05) is 34.1 Å². The van der Waals surface area contributed by atoms with E-state index in [1.54, 1.807) is 0 Å². The van der Waals surface area contributed by atoms with E-state index in [-0.39, 0.29) is 0 Å². The fourth-order valence-electron chi connectivity index (χ4n) is 1.08. The molecule has 0 aliphatic rings. The molecule has 0 amide bonds. The fourth-order valence-corrected chi connectivity index (χ4v) is 1.08. The summed E-state index contributed by atoms with van der Waals surface area (Å²) in [6.07, 6.45) is 3.89. The molecule has 2 heteroatoms. The summed E-state index contributed by atoms with van der Waals surface area (Å²) in [6, 6.07) is 0.559. The van der Waals surface area contributed by atoms with Gasteiger partial charge in [-0.3, -0.25) is 0 Å². The van der Waals surface area contributed by atoms with E-state index in [0.717, 1.165) is 19.6 Å². The lowest BCUT2D eigenvalue weighted by atomic mass is 10.2. The van der Waals surface area contributed by atoms with Gasteiger partial charge in [0, 0.05) is 19.2 Å². The van der Waals surface area contributed by atoms with Crippen molar-refractivity contribution in [3.63, 3.8) is 0 Å². The van der Waals surface area contributed by atoms with Gasteiger partial charge in [0.15, 0.2) is 0 Å². The molecule has 0 rings (SSSR count). The van der Waals surface area contributed by atoms with Gasteiger partial charge in [0.05, 0.1) is 6.10 Å². The molecule has 13 heavy (non-hydrogen) atoms. The molecule has 0 saturated carbocycles. The van der Waals surface area contributed by atoms with Crippen molar-refractivity contribution in [3.05, 3.63) is 0 Å². The smallest absolute Gasteiger partial charge is 0.0696 e. The fraction of sp³-hybridized carbons (Fsp3) is 1.00. The van der Waals surface area contributed by atoms with Crippen LogP contribution in [0.15, 0.2) is 0 Å². The van der Waals surface area contributed by atoms with Crippen molar-refractivity contribution in [2.75, 3.05) is 13.2 Å². The van der Waals surface area contributed by atoms with E-state index in [2.05, 4.69) is 33.0 Å². The SMILES string of the molecule is CCCCOC(CC)CNC(C)C. The predicted octanol–water partition coefficient (Wildman–Crippen LogP) is 2.58. The summed E-state index contributed by atoms with van der Waals surface area (Å²) in [6.45, 7) is 10.6. The molecule has 0 bridgehead atoms. The average Bonchev–Trinajstić information content (AvgIpc) is 2.10. The van der Waals surface area contributed by atoms with Crippen molar-refractivity contribution in [1.82, 2.24) is 5.32 Å². The van der Waals surface area contributed by atoms with E-state index in [1.165, 1.54) is 12.8 Å². The number of rotatable bonds is 8. The van der Waals surface area contributed by atoms with E-state index in [9.17, 15) is 0 Å². The maximum absolute atomic E-state index is 5.72. The van der Waals surface area contributed by atoms with Crippen LogP contribution in [0.4, 0.5) is 0 Å². The maximum atomic E-state index is 5.72. The molecule has 0 radical (unpaired) electrons. The van der Waals surface area contributed by atoms with Crippen LogP contribution in [0.5, 0.6) is 0 Å². The monoisotopic (exact) mass is 187 g/mol. The lowest BCUT2D eigenvalue weighted by Gasteiger charge is -2.18. The van der Waals surface area contributed by atoms with E-state index in [0.29, 0.717) is 12.1 Å². The summed E-state index contributed by atoms with van der Waals surface area (Å²) in [5.41, 5.74) is 0. The van der Waals surface area contributed by atoms with Crippen molar-refractivity contribution < 1.29 is 4.74 Å². The van der Waals surface area contributed by atoms with Crippen LogP contribution in [0.25, 0.3) is 0 Å². The molecule has 0 aromatic heterocycles. The first-order valence-electron chi connectivity index (χ1n) is 5.55. The second kappa shape index (κ2) is 8.52. The summed E-state index contributed by atoms with van der Waals surface area (Å²) >= 11 is 0. The Labute approximate surface area is 83.1 Å². The Morgan fingerprint density at radius 1 is 1.23 bits per heavy atom. The lowest BCUT2D eigenvalue weighted by Crippen LogP contribution is -2.33. The number of unbranched alkanes of at least 4 members (excludes halogenated alkanes) is 1. The lowest BCUT2D eigenvalue weighted by molar-refractivity contribution is 0.0477. The van der Waals surface area contributed by atoms with Crippen LogP contribution in [0, 0.1) is 0 Å². The molecule has 0 spiro atoms. The second-order valence-electron chi connectivity index (χ2n) is 3.82. The molecule has 0 aromatic rings. The minimum atomic E-state index is 0.397. The van der Waals surface area contributed by atoms with Gasteiger partial charge in [-0.2, -0.15) is 0 Å². The van der Waals surface area contributed by atoms with Crippen LogP contribution in [0.2, 0.25) is 0 Å². The minimum Gasteiger partial charge on any atom is -0.377 e. The van der Waals surface area contributed by atoms with Crippen LogP contribution in [-0.4, -0.2) is 25.3 Å². The quantitative estimate of drug-likeness (QED) is 0.590. The highest BCUT2D eigenvalue weighted by molar-refractivity contribution is 4.62. The highest BCUT2D eigenvalue weighted by atomic mass is 16.5. The topological polar surface area (TPSA) is 21.3 Å². The maximum Gasteiger partial charge on any atom is 0.0696 e. The molecular weight excluding hydrogens is 162 g/mol. The highest BCUT2D eigenvalue weighted by Crippen LogP contribution is 1.99. The third-order valence-electron chi connectivity index (χ3n) is 2.06. The van der Waals surface area contributed by atoms with Crippen molar-refractivity contribution in [2.24, 2.45) is 0 Å². The molecule has 0 heterocycles. The zero-order valence-electron chi connectivity index (χ0n) is 9.60. The summed E-state index contributed by atoms with van der Waals surface area (Å²) in [5, 5.41) is 3.40. The number of hydrogen-bond donors (Lipinski definition) is 1. The van der Waals surface area contributed by atoms with Gasteiger partial charge in [0.1, 0.15) is 0 Å². The molecule has 1 atom stereocenters. The molecule has 0 fully saturated rings. The third-order valence-corrected chi connectivity index (χ3v) is 2.06. The van der Waals surface area contributed by atoms with Crippen molar-refractivity contribution in [2.45, 2.75) is 59.1 Å². The molecule has 0 aliphatic heterocycles. The van der Waals surface area contributed by atoms with Crippen LogP contribution in [0.1, 0.15) is 47.0 Å². The van der Waals surface area contributed by atoms with Crippen LogP contribution in [-0.2, 0) is 4.74 Å². The van der Waals surface area contributed by atoms with Gasteiger partial charge in [-0.05, 0) is 12.8 Å². The van der Waals surface area contributed by atoms with Crippen LogP contribution < -0.4 is 5.32 Å². The van der Waals surface area contributed by atoms with Gasteiger partial charge >= 0.3 is 0 Å². The third kappa shape index (κ3) is 8.26. The molecule has 2 nitrogen and oxygen atoms in total. The Morgan fingerprint density at radius 2 is 1.92 bits per heavy atom. The van der Waals surface area contributed by atoms with Crippen molar-refractivity contribution >= 4 is 0 Å². The van der Waals surface area contributed by atoms with Crippen LogP contribution >= 0.6 is 0 Å². The Kier molecular flexibility index (Phi) is 8.46. The zero-order valence-corrected chi connectivity index (χ0v) is 9.60. The van der Waals surface area contributed by atoms with E-state index in [1.807, 2.05) is 0 Å². The van der Waals surface area contributed by atoms with Gasteiger partial charge in [-0.25, -0.2) is 0 Å².